The van der Waals surface area contributed by atoms with Crippen LogP contribution in [0.1, 0.15) is 29.5 Å². The second-order valence-electron chi connectivity index (χ2n) is 4.53. The number of nitrogens with zero attached hydrogens (tertiary/aromatic N) is 1. The summed E-state index contributed by atoms with van der Waals surface area (Å²) in [7, 11) is 0. The van der Waals surface area contributed by atoms with Crippen molar-refractivity contribution in [2.24, 2.45) is 11.7 Å². The van der Waals surface area contributed by atoms with E-state index in [1.807, 2.05) is 11.3 Å². The lowest BCUT2D eigenvalue weighted by molar-refractivity contribution is 0.186. The molecule has 0 unspecified atom stereocenters. The molecule has 2 nitrogen and oxygen atoms in total. The molecule has 2 N–H and O–H groups in total. The van der Waals surface area contributed by atoms with Crippen molar-refractivity contribution in [3.05, 3.63) is 21.9 Å². The number of piperidine rings is 1. The third-order valence-electron chi connectivity index (χ3n) is 3.17. The molecule has 1 aliphatic rings. The van der Waals surface area contributed by atoms with Crippen LogP contribution in [0.25, 0.3) is 0 Å². The van der Waals surface area contributed by atoms with E-state index >= 15 is 0 Å². The van der Waals surface area contributed by atoms with Crippen molar-refractivity contribution in [3.63, 3.8) is 0 Å². The van der Waals surface area contributed by atoms with Crippen LogP contribution >= 0.6 is 11.3 Å². The van der Waals surface area contributed by atoms with Gasteiger partial charge in [-0.1, -0.05) is 6.92 Å². The van der Waals surface area contributed by atoms with Crippen LogP contribution in [0.2, 0.25) is 0 Å². The van der Waals surface area contributed by atoms with Gasteiger partial charge in [-0.3, -0.25) is 4.90 Å². The van der Waals surface area contributed by atoms with Crippen LogP contribution in [0, 0.1) is 5.92 Å². The molecular formula is C12H20N2S. The molecule has 1 fully saturated rings. The Bertz CT molecular complexity index is 300. The van der Waals surface area contributed by atoms with E-state index in [9.17, 15) is 0 Å². The van der Waals surface area contributed by atoms with Crippen LogP contribution in [0.3, 0.4) is 0 Å². The van der Waals surface area contributed by atoms with Crippen molar-refractivity contribution in [1.29, 1.82) is 0 Å². The molecule has 2 heterocycles. The molecule has 0 spiro atoms. The van der Waals surface area contributed by atoms with Crippen molar-refractivity contribution in [2.45, 2.75) is 32.9 Å². The fourth-order valence-corrected chi connectivity index (χ4v) is 3.00. The number of nitrogens with two attached hydrogens (primary N) is 1. The minimum absolute atomic E-state index is 0.682. The monoisotopic (exact) mass is 224 g/mol. The zero-order valence-corrected chi connectivity index (χ0v) is 10.2. The molecule has 1 saturated heterocycles. The lowest BCUT2D eigenvalue weighted by atomic mass is 9.99. The fourth-order valence-electron chi connectivity index (χ4n) is 2.06. The SMILES string of the molecule is CC1CCN(Cc2ccc(CN)s2)CC1. The molecular weight excluding hydrogens is 204 g/mol. The third kappa shape index (κ3) is 3.03. The number of thiophene rings is 1. The molecule has 1 aliphatic heterocycles. The van der Waals surface area contributed by atoms with Gasteiger partial charge in [0, 0.05) is 22.8 Å². The van der Waals surface area contributed by atoms with E-state index in [0.29, 0.717) is 6.54 Å². The lowest BCUT2D eigenvalue weighted by Crippen LogP contribution is -2.32. The molecule has 0 atom stereocenters. The van der Waals surface area contributed by atoms with Crippen LogP contribution < -0.4 is 5.73 Å². The summed E-state index contributed by atoms with van der Waals surface area (Å²) in [5.41, 5.74) is 5.61. The van der Waals surface area contributed by atoms with Crippen molar-refractivity contribution in [3.8, 4) is 0 Å². The Kier molecular flexibility index (Phi) is 3.78. The maximum atomic E-state index is 5.61. The molecule has 0 aromatic carbocycles. The van der Waals surface area contributed by atoms with Gasteiger partial charge in [0.05, 0.1) is 0 Å². The van der Waals surface area contributed by atoms with Crippen LogP contribution in [0.5, 0.6) is 0 Å². The highest BCUT2D eigenvalue weighted by molar-refractivity contribution is 7.11. The summed E-state index contributed by atoms with van der Waals surface area (Å²) < 4.78 is 0. The molecule has 0 amide bonds. The second-order valence-corrected chi connectivity index (χ2v) is 5.78. The van der Waals surface area contributed by atoms with E-state index in [-0.39, 0.29) is 0 Å². The van der Waals surface area contributed by atoms with Crippen molar-refractivity contribution in [1.82, 2.24) is 4.90 Å². The maximum absolute atomic E-state index is 5.61. The van der Waals surface area contributed by atoms with E-state index < -0.39 is 0 Å². The quantitative estimate of drug-likeness (QED) is 0.854. The summed E-state index contributed by atoms with van der Waals surface area (Å²) in [6.07, 6.45) is 2.71. The smallest absolute Gasteiger partial charge is 0.0328 e. The summed E-state index contributed by atoms with van der Waals surface area (Å²) >= 11 is 1.86. The summed E-state index contributed by atoms with van der Waals surface area (Å²) in [5.74, 6) is 0.921. The third-order valence-corrected chi connectivity index (χ3v) is 4.27. The molecule has 0 saturated carbocycles. The summed E-state index contributed by atoms with van der Waals surface area (Å²) in [6.45, 7) is 6.68. The van der Waals surface area contributed by atoms with Gasteiger partial charge in [0.15, 0.2) is 0 Å². The Labute approximate surface area is 96.1 Å². The van der Waals surface area contributed by atoms with Gasteiger partial charge in [-0.2, -0.15) is 0 Å². The Morgan fingerprint density at radius 1 is 1.33 bits per heavy atom. The van der Waals surface area contributed by atoms with Gasteiger partial charge in [0.2, 0.25) is 0 Å². The van der Waals surface area contributed by atoms with Crippen LogP contribution in [0.15, 0.2) is 12.1 Å². The normalized spacial score (nSPS) is 19.6. The van der Waals surface area contributed by atoms with E-state index in [2.05, 4.69) is 24.0 Å². The van der Waals surface area contributed by atoms with E-state index in [1.54, 1.807) is 0 Å². The van der Waals surface area contributed by atoms with Gasteiger partial charge >= 0.3 is 0 Å². The topological polar surface area (TPSA) is 29.3 Å². The minimum atomic E-state index is 0.682. The average molecular weight is 224 g/mol. The summed E-state index contributed by atoms with van der Waals surface area (Å²) in [4.78, 5) is 5.33. The molecule has 1 aromatic rings. The maximum Gasteiger partial charge on any atom is 0.0328 e. The molecule has 0 aliphatic carbocycles. The highest BCUT2D eigenvalue weighted by Gasteiger charge is 2.15. The second kappa shape index (κ2) is 5.10. The highest BCUT2D eigenvalue weighted by atomic mass is 32.1. The van der Waals surface area contributed by atoms with Gasteiger partial charge in [-0.25, -0.2) is 0 Å². The van der Waals surface area contributed by atoms with E-state index in [0.717, 1.165) is 12.5 Å². The fraction of sp³-hybridized carbons (Fsp3) is 0.667. The van der Waals surface area contributed by atoms with Gasteiger partial charge in [0.1, 0.15) is 0 Å². The highest BCUT2D eigenvalue weighted by Crippen LogP contribution is 2.21. The largest absolute Gasteiger partial charge is 0.326 e. The summed E-state index contributed by atoms with van der Waals surface area (Å²) in [5, 5.41) is 0. The first-order valence-electron chi connectivity index (χ1n) is 5.78. The average Bonchev–Trinajstić information content (AvgIpc) is 2.69. The van der Waals surface area contributed by atoms with Crippen molar-refractivity contribution in [2.75, 3.05) is 13.1 Å². The Morgan fingerprint density at radius 3 is 2.60 bits per heavy atom. The van der Waals surface area contributed by atoms with Gasteiger partial charge in [-0.05, 0) is 44.0 Å². The van der Waals surface area contributed by atoms with Crippen LogP contribution in [-0.4, -0.2) is 18.0 Å². The Morgan fingerprint density at radius 2 is 2.00 bits per heavy atom. The van der Waals surface area contributed by atoms with Gasteiger partial charge < -0.3 is 5.73 Å². The predicted molar refractivity (Wildman–Crippen MR) is 65.9 cm³/mol. The number of hydrogen-bond acceptors (Lipinski definition) is 3. The van der Waals surface area contributed by atoms with Crippen molar-refractivity contribution >= 4 is 11.3 Å². The molecule has 3 heteroatoms. The number of hydrogen-bond donors (Lipinski definition) is 1. The molecule has 84 valence electrons. The zero-order valence-electron chi connectivity index (χ0n) is 9.41. The first kappa shape index (κ1) is 11.1. The molecule has 0 radical (unpaired) electrons. The predicted octanol–water partition coefficient (Wildman–Crippen LogP) is 2.44. The molecule has 2 rings (SSSR count). The molecule has 15 heavy (non-hydrogen) atoms. The first-order chi connectivity index (χ1) is 7.28. The Hall–Kier alpha value is -0.380. The van der Waals surface area contributed by atoms with Crippen molar-refractivity contribution < 1.29 is 0 Å². The van der Waals surface area contributed by atoms with Crippen LogP contribution in [0.4, 0.5) is 0 Å². The van der Waals surface area contributed by atoms with Gasteiger partial charge in [0.25, 0.3) is 0 Å². The van der Waals surface area contributed by atoms with E-state index in [1.165, 1.54) is 35.7 Å². The number of rotatable bonds is 3. The van der Waals surface area contributed by atoms with E-state index in [4.69, 9.17) is 5.73 Å². The Balaban J connectivity index is 1.86. The van der Waals surface area contributed by atoms with Gasteiger partial charge in [-0.15, -0.1) is 11.3 Å². The first-order valence-corrected chi connectivity index (χ1v) is 6.59. The number of likely N-dealkylation sites (tertiary alicyclic amines) is 1. The molecule has 1 aromatic heterocycles. The summed E-state index contributed by atoms with van der Waals surface area (Å²) in [6, 6.07) is 4.39. The molecule has 0 bridgehead atoms. The minimum Gasteiger partial charge on any atom is -0.326 e. The standard InChI is InChI=1S/C12H20N2S/c1-10-4-6-14(7-5-10)9-12-3-2-11(8-13)15-12/h2-3,10H,4-9,13H2,1H3. The zero-order chi connectivity index (χ0) is 10.7. The van der Waals surface area contributed by atoms with Crippen LogP contribution in [-0.2, 0) is 13.1 Å². The lowest BCUT2D eigenvalue weighted by Gasteiger charge is -2.29.